The van der Waals surface area contributed by atoms with Gasteiger partial charge in [0.2, 0.25) is 5.95 Å². The summed E-state index contributed by atoms with van der Waals surface area (Å²) in [5, 5.41) is 0. The van der Waals surface area contributed by atoms with Gasteiger partial charge >= 0.3 is 0 Å². The van der Waals surface area contributed by atoms with Gasteiger partial charge in [0, 0.05) is 18.7 Å². The zero-order chi connectivity index (χ0) is 18.4. The van der Waals surface area contributed by atoms with Crippen LogP contribution in [0.25, 0.3) is 11.3 Å². The van der Waals surface area contributed by atoms with E-state index in [-0.39, 0.29) is 11.9 Å². The molecule has 0 fully saturated rings. The Balaban J connectivity index is 2.64. The average molecular weight is 342 g/mol. The highest BCUT2D eigenvalue weighted by Crippen LogP contribution is 2.33. The molecule has 1 aromatic carbocycles. The van der Waals surface area contributed by atoms with Crippen LogP contribution in [0.2, 0.25) is 0 Å². The van der Waals surface area contributed by atoms with E-state index in [0.717, 1.165) is 12.0 Å². The summed E-state index contributed by atoms with van der Waals surface area (Å²) in [4.78, 5) is 23.4. The van der Waals surface area contributed by atoms with Gasteiger partial charge < -0.3 is 15.4 Å². The largest absolute Gasteiger partial charge is 0.493 e. The maximum Gasteiger partial charge on any atom is 0.257 e. The van der Waals surface area contributed by atoms with E-state index in [1.807, 2.05) is 45.0 Å². The maximum atomic E-state index is 13.0. The van der Waals surface area contributed by atoms with Crippen molar-refractivity contribution in [1.82, 2.24) is 14.9 Å². The first-order valence-corrected chi connectivity index (χ1v) is 8.68. The number of carbonyl (C=O) groups excluding carboxylic acids is 1. The standard InChI is InChI=1S/C19H26N4O2/c1-5-12-25-15-11-9-8-10-14(15)17-16(13(4)21-19(20)22-17)18(24)23(6-2)7-3/h8-11H,5-7,12H2,1-4H3,(H2,20,21,22). The molecule has 25 heavy (non-hydrogen) atoms. The molecule has 2 aromatic rings. The molecule has 0 atom stereocenters. The molecule has 0 bridgehead atoms. The Morgan fingerprint density at radius 2 is 1.84 bits per heavy atom. The summed E-state index contributed by atoms with van der Waals surface area (Å²) in [5.74, 6) is 0.743. The van der Waals surface area contributed by atoms with E-state index in [2.05, 4.69) is 9.97 Å². The van der Waals surface area contributed by atoms with E-state index >= 15 is 0 Å². The minimum Gasteiger partial charge on any atom is -0.493 e. The van der Waals surface area contributed by atoms with Crippen LogP contribution in [-0.2, 0) is 0 Å². The van der Waals surface area contributed by atoms with Crippen LogP contribution < -0.4 is 10.5 Å². The number of nitrogens with two attached hydrogens (primary N) is 1. The van der Waals surface area contributed by atoms with Gasteiger partial charge in [-0.3, -0.25) is 4.79 Å². The number of rotatable bonds is 7. The molecule has 0 radical (unpaired) electrons. The Morgan fingerprint density at radius 1 is 1.16 bits per heavy atom. The second-order valence-corrected chi connectivity index (χ2v) is 5.71. The molecule has 6 heteroatoms. The Labute approximate surface area is 149 Å². The summed E-state index contributed by atoms with van der Waals surface area (Å²) < 4.78 is 5.84. The molecule has 134 valence electrons. The predicted octanol–water partition coefficient (Wildman–Crippen LogP) is 3.31. The van der Waals surface area contributed by atoms with Crippen LogP contribution in [-0.4, -0.2) is 40.5 Å². The van der Waals surface area contributed by atoms with Crippen LogP contribution in [0, 0.1) is 6.92 Å². The number of hydrogen-bond acceptors (Lipinski definition) is 5. The fourth-order valence-corrected chi connectivity index (χ4v) is 2.71. The van der Waals surface area contributed by atoms with Gasteiger partial charge in [0.05, 0.1) is 23.6 Å². The predicted molar refractivity (Wildman–Crippen MR) is 99.7 cm³/mol. The molecule has 1 heterocycles. The minimum atomic E-state index is -0.0946. The number of aromatic nitrogens is 2. The van der Waals surface area contributed by atoms with Gasteiger partial charge in [-0.2, -0.15) is 0 Å². The molecule has 1 amide bonds. The quantitative estimate of drug-likeness (QED) is 0.835. The number of hydrogen-bond donors (Lipinski definition) is 1. The number of aryl methyl sites for hydroxylation is 1. The van der Waals surface area contributed by atoms with Gasteiger partial charge in [-0.05, 0) is 39.3 Å². The molecule has 6 nitrogen and oxygen atoms in total. The Morgan fingerprint density at radius 3 is 2.48 bits per heavy atom. The second-order valence-electron chi connectivity index (χ2n) is 5.71. The van der Waals surface area contributed by atoms with Crippen molar-refractivity contribution in [3.05, 3.63) is 35.5 Å². The fraction of sp³-hybridized carbons (Fsp3) is 0.421. The van der Waals surface area contributed by atoms with E-state index in [1.54, 1.807) is 11.8 Å². The highest BCUT2D eigenvalue weighted by Gasteiger charge is 2.24. The lowest BCUT2D eigenvalue weighted by atomic mass is 10.0. The average Bonchev–Trinajstić information content (AvgIpc) is 2.60. The van der Waals surface area contributed by atoms with Crippen molar-refractivity contribution in [2.24, 2.45) is 0 Å². The third-order valence-corrected chi connectivity index (χ3v) is 3.98. The number of benzene rings is 1. The fourth-order valence-electron chi connectivity index (χ4n) is 2.71. The normalized spacial score (nSPS) is 10.6. The summed E-state index contributed by atoms with van der Waals surface area (Å²) >= 11 is 0. The lowest BCUT2D eigenvalue weighted by Gasteiger charge is -2.22. The highest BCUT2D eigenvalue weighted by atomic mass is 16.5. The monoisotopic (exact) mass is 342 g/mol. The van der Waals surface area contributed by atoms with Crippen LogP contribution in [0.1, 0.15) is 43.2 Å². The number of nitrogens with zero attached hydrogens (tertiary/aromatic N) is 3. The highest BCUT2D eigenvalue weighted by molar-refractivity contribution is 6.01. The molecule has 2 rings (SSSR count). The van der Waals surface area contributed by atoms with Gasteiger partial charge in [-0.1, -0.05) is 19.1 Å². The molecule has 1 aromatic heterocycles. The van der Waals surface area contributed by atoms with Gasteiger partial charge in [0.1, 0.15) is 5.75 Å². The topological polar surface area (TPSA) is 81.3 Å². The number of ether oxygens (including phenoxy) is 1. The second kappa shape index (κ2) is 8.46. The Bertz CT molecular complexity index is 742. The SMILES string of the molecule is CCCOc1ccccc1-c1nc(N)nc(C)c1C(=O)N(CC)CC. The van der Waals surface area contributed by atoms with E-state index < -0.39 is 0 Å². The minimum absolute atomic E-state index is 0.0946. The molecule has 0 aliphatic heterocycles. The van der Waals surface area contributed by atoms with Crippen molar-refractivity contribution in [1.29, 1.82) is 0 Å². The third kappa shape index (κ3) is 4.07. The summed E-state index contributed by atoms with van der Waals surface area (Å²) in [6.07, 6.45) is 0.893. The number of anilines is 1. The lowest BCUT2D eigenvalue weighted by molar-refractivity contribution is 0.0772. The van der Waals surface area contributed by atoms with Crippen molar-refractivity contribution in [3.8, 4) is 17.0 Å². The van der Waals surface area contributed by atoms with Crippen molar-refractivity contribution in [2.75, 3.05) is 25.4 Å². The molecular weight excluding hydrogens is 316 g/mol. The van der Waals surface area contributed by atoms with Crippen LogP contribution in [0.4, 0.5) is 5.95 Å². The zero-order valence-electron chi connectivity index (χ0n) is 15.4. The summed E-state index contributed by atoms with van der Waals surface area (Å²) in [6.45, 7) is 9.56. The van der Waals surface area contributed by atoms with E-state index in [4.69, 9.17) is 10.5 Å². The summed E-state index contributed by atoms with van der Waals surface area (Å²) in [7, 11) is 0. The molecule has 0 saturated heterocycles. The number of carbonyl (C=O) groups is 1. The Kier molecular flexibility index (Phi) is 6.33. The van der Waals surface area contributed by atoms with Crippen LogP contribution in [0.5, 0.6) is 5.75 Å². The van der Waals surface area contributed by atoms with Crippen LogP contribution in [0.15, 0.2) is 24.3 Å². The molecular formula is C19H26N4O2. The molecule has 0 unspecified atom stereocenters. The van der Waals surface area contributed by atoms with E-state index in [9.17, 15) is 4.79 Å². The molecule has 0 spiro atoms. The van der Waals surface area contributed by atoms with Crippen molar-refractivity contribution in [2.45, 2.75) is 34.1 Å². The lowest BCUT2D eigenvalue weighted by Crippen LogP contribution is -2.32. The molecule has 2 N–H and O–H groups in total. The molecule has 0 aliphatic rings. The van der Waals surface area contributed by atoms with Gasteiger partial charge in [-0.15, -0.1) is 0 Å². The van der Waals surface area contributed by atoms with Crippen LogP contribution in [0.3, 0.4) is 0 Å². The Hall–Kier alpha value is -2.63. The van der Waals surface area contributed by atoms with Crippen molar-refractivity contribution < 1.29 is 9.53 Å². The van der Waals surface area contributed by atoms with Gasteiger partial charge in [-0.25, -0.2) is 9.97 Å². The molecule has 0 saturated carbocycles. The van der Waals surface area contributed by atoms with Crippen molar-refractivity contribution >= 4 is 11.9 Å². The summed E-state index contributed by atoms with van der Waals surface area (Å²) in [6, 6.07) is 7.57. The third-order valence-electron chi connectivity index (χ3n) is 3.98. The van der Waals surface area contributed by atoms with Gasteiger partial charge in [0.25, 0.3) is 5.91 Å². The van der Waals surface area contributed by atoms with Crippen LogP contribution >= 0.6 is 0 Å². The van der Waals surface area contributed by atoms with E-state index in [1.165, 1.54) is 0 Å². The summed E-state index contributed by atoms with van der Waals surface area (Å²) in [5.41, 5.74) is 8.20. The first kappa shape index (κ1) is 18.7. The van der Waals surface area contributed by atoms with E-state index in [0.29, 0.717) is 42.4 Å². The maximum absolute atomic E-state index is 13.0. The number of para-hydroxylation sites is 1. The smallest absolute Gasteiger partial charge is 0.257 e. The first-order chi connectivity index (χ1) is 12.0. The zero-order valence-corrected chi connectivity index (χ0v) is 15.4. The number of nitrogen functional groups attached to an aromatic ring is 1. The number of amides is 1. The first-order valence-electron chi connectivity index (χ1n) is 8.68. The van der Waals surface area contributed by atoms with Crippen molar-refractivity contribution in [3.63, 3.8) is 0 Å². The molecule has 0 aliphatic carbocycles. The van der Waals surface area contributed by atoms with Gasteiger partial charge in [0.15, 0.2) is 0 Å².